The SMILES string of the molecule is O=C1CCC2CCC[C@@H](O)C12. The van der Waals surface area contributed by atoms with Crippen LogP contribution in [0.5, 0.6) is 0 Å². The number of aliphatic hydroxyl groups excluding tert-OH is 1. The Morgan fingerprint density at radius 3 is 2.82 bits per heavy atom. The summed E-state index contributed by atoms with van der Waals surface area (Å²) in [7, 11) is 0. The smallest absolute Gasteiger partial charge is 0.138 e. The molecule has 11 heavy (non-hydrogen) atoms. The number of fused-ring (bicyclic) bond motifs is 1. The molecule has 0 radical (unpaired) electrons. The summed E-state index contributed by atoms with van der Waals surface area (Å²) in [5, 5.41) is 9.53. The van der Waals surface area contributed by atoms with Crippen molar-refractivity contribution < 1.29 is 9.90 Å². The van der Waals surface area contributed by atoms with Crippen LogP contribution < -0.4 is 0 Å². The number of carbonyl (C=O) groups is 1. The lowest BCUT2D eigenvalue weighted by Gasteiger charge is -2.28. The van der Waals surface area contributed by atoms with Gasteiger partial charge >= 0.3 is 0 Å². The maximum absolute atomic E-state index is 11.3. The van der Waals surface area contributed by atoms with Crippen LogP contribution >= 0.6 is 0 Å². The number of ketones is 1. The average molecular weight is 154 g/mol. The highest BCUT2D eigenvalue weighted by molar-refractivity contribution is 5.84. The van der Waals surface area contributed by atoms with Gasteiger partial charge in [-0.05, 0) is 25.2 Å². The lowest BCUT2D eigenvalue weighted by molar-refractivity contribution is -0.125. The van der Waals surface area contributed by atoms with E-state index < -0.39 is 0 Å². The van der Waals surface area contributed by atoms with Crippen LogP contribution in [0.25, 0.3) is 0 Å². The van der Waals surface area contributed by atoms with Crippen molar-refractivity contribution in [2.24, 2.45) is 11.8 Å². The molecule has 62 valence electrons. The second kappa shape index (κ2) is 2.59. The van der Waals surface area contributed by atoms with Gasteiger partial charge in [-0.1, -0.05) is 6.42 Å². The van der Waals surface area contributed by atoms with Gasteiger partial charge in [0.1, 0.15) is 5.78 Å². The number of Topliss-reactive ketones (excluding diaryl/α,β-unsaturated/α-hetero) is 1. The number of hydrogen-bond acceptors (Lipinski definition) is 2. The van der Waals surface area contributed by atoms with Crippen LogP contribution in [-0.4, -0.2) is 17.0 Å². The van der Waals surface area contributed by atoms with Gasteiger partial charge in [-0.3, -0.25) is 4.79 Å². The number of hydrogen-bond donors (Lipinski definition) is 1. The van der Waals surface area contributed by atoms with Crippen molar-refractivity contribution in [1.29, 1.82) is 0 Å². The van der Waals surface area contributed by atoms with E-state index in [9.17, 15) is 9.90 Å². The van der Waals surface area contributed by atoms with E-state index in [2.05, 4.69) is 0 Å². The first-order chi connectivity index (χ1) is 5.29. The first-order valence-corrected chi connectivity index (χ1v) is 4.50. The Labute approximate surface area is 66.6 Å². The van der Waals surface area contributed by atoms with Crippen molar-refractivity contribution in [3.63, 3.8) is 0 Å². The van der Waals surface area contributed by atoms with Gasteiger partial charge in [-0.25, -0.2) is 0 Å². The topological polar surface area (TPSA) is 37.3 Å². The molecule has 2 nitrogen and oxygen atoms in total. The van der Waals surface area contributed by atoms with Crippen molar-refractivity contribution in [1.82, 2.24) is 0 Å². The third-order valence-electron chi connectivity index (χ3n) is 3.13. The molecule has 0 aromatic rings. The second-order valence-corrected chi connectivity index (χ2v) is 3.79. The number of carbonyl (C=O) groups excluding carboxylic acids is 1. The highest BCUT2D eigenvalue weighted by Crippen LogP contribution is 2.39. The summed E-state index contributed by atoms with van der Waals surface area (Å²) in [6.07, 6.45) is 4.53. The summed E-state index contributed by atoms with van der Waals surface area (Å²) in [6, 6.07) is 0. The molecule has 0 amide bonds. The Balaban J connectivity index is 2.14. The highest BCUT2D eigenvalue weighted by atomic mass is 16.3. The van der Waals surface area contributed by atoms with Gasteiger partial charge in [0.15, 0.2) is 0 Å². The van der Waals surface area contributed by atoms with E-state index in [1.54, 1.807) is 0 Å². The molecule has 2 aliphatic carbocycles. The molecule has 2 heteroatoms. The number of aliphatic hydroxyl groups is 1. The Kier molecular flexibility index (Phi) is 1.72. The predicted molar refractivity (Wildman–Crippen MR) is 41.1 cm³/mol. The van der Waals surface area contributed by atoms with Crippen molar-refractivity contribution >= 4 is 5.78 Å². The summed E-state index contributed by atoms with van der Waals surface area (Å²) in [6.45, 7) is 0. The summed E-state index contributed by atoms with van der Waals surface area (Å²) in [5.41, 5.74) is 0. The van der Waals surface area contributed by atoms with E-state index in [1.165, 1.54) is 0 Å². The molecule has 0 saturated heterocycles. The predicted octanol–water partition coefficient (Wildman–Crippen LogP) is 1.13. The molecule has 0 bridgehead atoms. The Hall–Kier alpha value is -0.370. The van der Waals surface area contributed by atoms with E-state index in [0.717, 1.165) is 25.7 Å². The lowest BCUT2D eigenvalue weighted by atomic mass is 9.79. The molecule has 2 unspecified atom stereocenters. The molecule has 0 spiro atoms. The molecule has 0 aromatic carbocycles. The molecule has 0 aliphatic heterocycles. The van der Waals surface area contributed by atoms with E-state index in [-0.39, 0.29) is 12.0 Å². The minimum Gasteiger partial charge on any atom is -0.392 e. The summed E-state index contributed by atoms with van der Waals surface area (Å²) >= 11 is 0. The largest absolute Gasteiger partial charge is 0.392 e. The van der Waals surface area contributed by atoms with Crippen LogP contribution in [0.2, 0.25) is 0 Å². The fourth-order valence-corrected chi connectivity index (χ4v) is 2.56. The van der Waals surface area contributed by atoms with Gasteiger partial charge < -0.3 is 5.11 Å². The van der Waals surface area contributed by atoms with Gasteiger partial charge in [0.05, 0.1) is 6.10 Å². The van der Waals surface area contributed by atoms with Crippen molar-refractivity contribution in [3.8, 4) is 0 Å². The minimum absolute atomic E-state index is 0.0174. The fourth-order valence-electron chi connectivity index (χ4n) is 2.56. The summed E-state index contributed by atoms with van der Waals surface area (Å²) < 4.78 is 0. The Morgan fingerprint density at radius 2 is 2.09 bits per heavy atom. The third-order valence-corrected chi connectivity index (χ3v) is 3.13. The number of rotatable bonds is 0. The monoisotopic (exact) mass is 154 g/mol. The first-order valence-electron chi connectivity index (χ1n) is 4.50. The van der Waals surface area contributed by atoms with Crippen molar-refractivity contribution in [2.75, 3.05) is 0 Å². The van der Waals surface area contributed by atoms with Crippen LogP contribution in [0.4, 0.5) is 0 Å². The maximum atomic E-state index is 11.3. The molecule has 3 atom stereocenters. The Bertz CT molecular complexity index is 176. The van der Waals surface area contributed by atoms with Crippen LogP contribution in [0.1, 0.15) is 32.1 Å². The molecule has 2 aliphatic rings. The molecule has 2 rings (SSSR count). The van der Waals surface area contributed by atoms with Gasteiger partial charge in [-0.2, -0.15) is 0 Å². The molecule has 2 saturated carbocycles. The average Bonchev–Trinajstić information content (AvgIpc) is 2.34. The van der Waals surface area contributed by atoms with Gasteiger partial charge in [0, 0.05) is 12.3 Å². The maximum Gasteiger partial charge on any atom is 0.138 e. The first kappa shape index (κ1) is 7.29. The van der Waals surface area contributed by atoms with E-state index >= 15 is 0 Å². The minimum atomic E-state index is -0.316. The van der Waals surface area contributed by atoms with Crippen molar-refractivity contribution in [2.45, 2.75) is 38.2 Å². The zero-order valence-electron chi connectivity index (χ0n) is 6.62. The standard InChI is InChI=1S/C9H14O2/c10-7-3-1-2-6-4-5-8(11)9(6)7/h6-7,9-10H,1-5H2/t6?,7-,9?/m1/s1. The van der Waals surface area contributed by atoms with Gasteiger partial charge in [-0.15, -0.1) is 0 Å². The third kappa shape index (κ3) is 1.09. The van der Waals surface area contributed by atoms with E-state index in [4.69, 9.17) is 0 Å². The molecular formula is C9H14O2. The summed E-state index contributed by atoms with van der Waals surface area (Å²) in [5.74, 6) is 0.845. The van der Waals surface area contributed by atoms with Crippen molar-refractivity contribution in [3.05, 3.63) is 0 Å². The normalized spacial score (nSPS) is 44.1. The highest BCUT2D eigenvalue weighted by Gasteiger charge is 2.41. The van der Waals surface area contributed by atoms with Crippen LogP contribution in [-0.2, 0) is 4.79 Å². The molecule has 0 aromatic heterocycles. The zero-order chi connectivity index (χ0) is 7.84. The zero-order valence-corrected chi connectivity index (χ0v) is 6.62. The quantitative estimate of drug-likeness (QED) is 0.568. The summed E-state index contributed by atoms with van der Waals surface area (Å²) in [4.78, 5) is 11.3. The van der Waals surface area contributed by atoms with E-state index in [1.807, 2.05) is 0 Å². The molecule has 0 heterocycles. The van der Waals surface area contributed by atoms with Gasteiger partial charge in [0.25, 0.3) is 0 Å². The van der Waals surface area contributed by atoms with Crippen LogP contribution in [0.3, 0.4) is 0 Å². The van der Waals surface area contributed by atoms with E-state index in [0.29, 0.717) is 18.1 Å². The fraction of sp³-hybridized carbons (Fsp3) is 0.889. The molecule has 2 fully saturated rings. The molecular weight excluding hydrogens is 140 g/mol. The van der Waals surface area contributed by atoms with Gasteiger partial charge in [0.2, 0.25) is 0 Å². The lowest BCUT2D eigenvalue weighted by Crippen LogP contribution is -2.32. The Morgan fingerprint density at radius 1 is 1.27 bits per heavy atom. The second-order valence-electron chi connectivity index (χ2n) is 3.79. The van der Waals surface area contributed by atoms with Crippen LogP contribution in [0, 0.1) is 11.8 Å². The van der Waals surface area contributed by atoms with Crippen LogP contribution in [0.15, 0.2) is 0 Å². The molecule has 1 N–H and O–H groups in total.